The van der Waals surface area contributed by atoms with E-state index in [-0.39, 0.29) is 16.4 Å². The van der Waals surface area contributed by atoms with Crippen LogP contribution in [-0.4, -0.2) is 22.1 Å². The average Bonchev–Trinajstić information content (AvgIpc) is 2.21. The van der Waals surface area contributed by atoms with Gasteiger partial charge in [0.05, 0.1) is 5.56 Å². The third-order valence-corrected chi connectivity index (χ3v) is 2.12. The second kappa shape index (κ2) is 4.62. The molecular weight excluding hydrogens is 218 g/mol. The molecule has 78 valence electrons. The fraction of sp³-hybridized carbons (Fsp3) is 0.222. The number of aromatic nitrogens is 1. The number of carboxylic acid groups (broad SMARTS) is 1. The van der Waals surface area contributed by atoms with Crippen LogP contribution in [0.5, 0.6) is 0 Å². The Labute approximate surface area is 91.3 Å². The van der Waals surface area contributed by atoms with Crippen LogP contribution in [0.2, 0.25) is 5.02 Å². The quantitative estimate of drug-likeness (QED) is 0.814. The minimum absolute atomic E-state index is 0.133. The Kier molecular flexibility index (Phi) is 3.47. The van der Waals surface area contributed by atoms with Crippen molar-refractivity contribution in [2.45, 2.75) is 13.0 Å². The summed E-state index contributed by atoms with van der Waals surface area (Å²) in [6, 6.07) is 2.52. The Morgan fingerprint density at radius 2 is 2.47 bits per heavy atom. The number of pyridine rings is 1. The van der Waals surface area contributed by atoms with E-state index in [1.165, 1.54) is 19.2 Å². The van der Waals surface area contributed by atoms with Crippen molar-refractivity contribution in [1.29, 1.82) is 5.26 Å². The van der Waals surface area contributed by atoms with Crippen molar-refractivity contribution >= 4 is 23.4 Å². The number of carboxylic acids is 1. The number of hydrogen-bond acceptors (Lipinski definition) is 4. The van der Waals surface area contributed by atoms with Crippen LogP contribution >= 0.6 is 11.6 Å². The van der Waals surface area contributed by atoms with E-state index in [1.54, 1.807) is 0 Å². The number of hydrogen-bond donors (Lipinski definition) is 2. The van der Waals surface area contributed by atoms with Gasteiger partial charge in [-0.05, 0) is 13.0 Å². The predicted octanol–water partition coefficient (Wildman–Crippen LogP) is 1.49. The molecule has 2 N–H and O–H groups in total. The molecule has 0 radical (unpaired) electrons. The molecule has 0 fully saturated rings. The van der Waals surface area contributed by atoms with E-state index in [2.05, 4.69) is 10.3 Å². The summed E-state index contributed by atoms with van der Waals surface area (Å²) in [6.07, 6.45) is 1.39. The molecule has 1 unspecified atom stereocenters. The Morgan fingerprint density at radius 3 is 3.00 bits per heavy atom. The van der Waals surface area contributed by atoms with Gasteiger partial charge >= 0.3 is 5.97 Å². The molecule has 0 aliphatic heterocycles. The lowest BCUT2D eigenvalue weighted by Crippen LogP contribution is -2.26. The molecule has 1 aromatic heterocycles. The molecule has 0 amide bonds. The summed E-state index contributed by atoms with van der Waals surface area (Å²) in [5.41, 5.74) is 0.256. The minimum atomic E-state index is -1.02. The second-order valence-electron chi connectivity index (χ2n) is 2.84. The number of rotatable bonds is 3. The summed E-state index contributed by atoms with van der Waals surface area (Å²) in [4.78, 5) is 14.4. The summed E-state index contributed by atoms with van der Waals surface area (Å²) in [7, 11) is 0. The van der Waals surface area contributed by atoms with E-state index >= 15 is 0 Å². The van der Waals surface area contributed by atoms with Gasteiger partial charge in [0.1, 0.15) is 23.0 Å². The molecular formula is C9H8ClN3O2. The van der Waals surface area contributed by atoms with Gasteiger partial charge < -0.3 is 10.4 Å². The highest BCUT2D eigenvalue weighted by Gasteiger charge is 2.14. The normalized spacial score (nSPS) is 11.5. The van der Waals surface area contributed by atoms with E-state index in [1.807, 2.05) is 6.07 Å². The maximum absolute atomic E-state index is 10.6. The first-order valence-electron chi connectivity index (χ1n) is 4.10. The highest BCUT2D eigenvalue weighted by Crippen LogP contribution is 2.23. The summed E-state index contributed by atoms with van der Waals surface area (Å²) in [6.45, 7) is 1.46. The zero-order chi connectivity index (χ0) is 11.4. The number of nitrogens with one attached hydrogen (secondary N) is 1. The fourth-order valence-electron chi connectivity index (χ4n) is 0.898. The van der Waals surface area contributed by atoms with Crippen LogP contribution in [0, 0.1) is 11.3 Å². The van der Waals surface area contributed by atoms with Gasteiger partial charge in [0.2, 0.25) is 0 Å². The van der Waals surface area contributed by atoms with E-state index in [0.717, 1.165) is 0 Å². The first-order chi connectivity index (χ1) is 7.06. The molecule has 0 aliphatic rings. The largest absolute Gasteiger partial charge is 0.480 e. The maximum atomic E-state index is 10.6. The lowest BCUT2D eigenvalue weighted by molar-refractivity contribution is -0.137. The third kappa shape index (κ3) is 2.58. The molecule has 0 aromatic carbocycles. The number of carbonyl (C=O) groups is 1. The second-order valence-corrected chi connectivity index (χ2v) is 3.22. The van der Waals surface area contributed by atoms with Crippen LogP contribution in [-0.2, 0) is 4.79 Å². The van der Waals surface area contributed by atoms with Crippen molar-refractivity contribution in [2.24, 2.45) is 0 Å². The third-order valence-electron chi connectivity index (χ3n) is 1.73. The van der Waals surface area contributed by atoms with Gasteiger partial charge in [0.25, 0.3) is 0 Å². The molecule has 0 saturated carbocycles. The van der Waals surface area contributed by atoms with Gasteiger partial charge in [-0.3, -0.25) is 4.79 Å². The topological polar surface area (TPSA) is 86.0 Å². The smallest absolute Gasteiger partial charge is 0.325 e. The molecule has 0 spiro atoms. The van der Waals surface area contributed by atoms with Crippen molar-refractivity contribution in [2.75, 3.05) is 5.32 Å². The van der Waals surface area contributed by atoms with Crippen molar-refractivity contribution in [3.05, 3.63) is 22.8 Å². The van der Waals surface area contributed by atoms with Crippen molar-refractivity contribution < 1.29 is 9.90 Å². The SMILES string of the molecule is CC(Nc1nccc(C#N)c1Cl)C(=O)O. The molecule has 1 heterocycles. The molecule has 5 nitrogen and oxygen atoms in total. The summed E-state index contributed by atoms with van der Waals surface area (Å²) < 4.78 is 0. The Balaban J connectivity index is 2.97. The van der Waals surface area contributed by atoms with E-state index in [9.17, 15) is 4.79 Å². The highest BCUT2D eigenvalue weighted by atomic mass is 35.5. The summed E-state index contributed by atoms with van der Waals surface area (Å²) in [5, 5.41) is 20.1. The molecule has 15 heavy (non-hydrogen) atoms. The van der Waals surface area contributed by atoms with Gasteiger partial charge in [0, 0.05) is 6.20 Å². The average molecular weight is 226 g/mol. The van der Waals surface area contributed by atoms with Crippen molar-refractivity contribution in [1.82, 2.24) is 4.98 Å². The molecule has 1 atom stereocenters. The van der Waals surface area contributed by atoms with Crippen LogP contribution in [0.25, 0.3) is 0 Å². The number of aliphatic carboxylic acids is 1. The first-order valence-corrected chi connectivity index (χ1v) is 4.48. The lowest BCUT2D eigenvalue weighted by Gasteiger charge is -2.11. The standard InChI is InChI=1S/C9H8ClN3O2/c1-5(9(14)15)13-8-7(10)6(4-11)2-3-12-8/h2-3,5H,1H3,(H,12,13)(H,14,15). The molecule has 0 saturated heterocycles. The van der Waals surface area contributed by atoms with Gasteiger partial charge in [-0.2, -0.15) is 5.26 Å². The van der Waals surface area contributed by atoms with Crippen LogP contribution in [0.3, 0.4) is 0 Å². The molecule has 1 rings (SSSR count). The molecule has 0 bridgehead atoms. The monoisotopic (exact) mass is 225 g/mol. The van der Waals surface area contributed by atoms with E-state index in [0.29, 0.717) is 0 Å². The lowest BCUT2D eigenvalue weighted by atomic mass is 10.2. The first kappa shape index (κ1) is 11.3. The Morgan fingerprint density at radius 1 is 1.80 bits per heavy atom. The van der Waals surface area contributed by atoms with E-state index in [4.69, 9.17) is 22.0 Å². The molecule has 6 heteroatoms. The van der Waals surface area contributed by atoms with Gasteiger partial charge in [0.15, 0.2) is 0 Å². The zero-order valence-electron chi connectivity index (χ0n) is 7.86. The highest BCUT2D eigenvalue weighted by molar-refractivity contribution is 6.34. The number of halogens is 1. The summed E-state index contributed by atoms with van der Waals surface area (Å²) >= 11 is 5.82. The fourth-order valence-corrected chi connectivity index (χ4v) is 1.11. The van der Waals surface area contributed by atoms with Gasteiger partial charge in [-0.1, -0.05) is 11.6 Å². The van der Waals surface area contributed by atoms with Crippen molar-refractivity contribution in [3.8, 4) is 6.07 Å². The van der Waals surface area contributed by atoms with Crippen molar-refractivity contribution in [3.63, 3.8) is 0 Å². The van der Waals surface area contributed by atoms with Crippen LogP contribution in [0.15, 0.2) is 12.3 Å². The minimum Gasteiger partial charge on any atom is -0.480 e. The van der Waals surface area contributed by atoms with Gasteiger partial charge in [-0.15, -0.1) is 0 Å². The zero-order valence-corrected chi connectivity index (χ0v) is 8.62. The Bertz CT molecular complexity index is 428. The molecule has 0 aliphatic carbocycles. The maximum Gasteiger partial charge on any atom is 0.325 e. The predicted molar refractivity (Wildman–Crippen MR) is 54.7 cm³/mol. The number of anilines is 1. The number of nitrogens with zero attached hydrogens (tertiary/aromatic N) is 2. The van der Waals surface area contributed by atoms with Gasteiger partial charge in [-0.25, -0.2) is 4.98 Å². The Hall–Kier alpha value is -1.80. The van der Waals surface area contributed by atoms with Crippen LogP contribution < -0.4 is 5.32 Å². The van der Waals surface area contributed by atoms with Crippen LogP contribution in [0.1, 0.15) is 12.5 Å². The summed E-state index contributed by atoms with van der Waals surface area (Å²) in [5.74, 6) is -0.819. The van der Waals surface area contributed by atoms with E-state index < -0.39 is 12.0 Å². The van der Waals surface area contributed by atoms with Crippen LogP contribution in [0.4, 0.5) is 5.82 Å². The number of nitriles is 1. The molecule has 1 aromatic rings.